The predicted octanol–water partition coefficient (Wildman–Crippen LogP) is 4.21. The van der Waals surface area contributed by atoms with Crippen LogP contribution in [0.2, 0.25) is 0 Å². The van der Waals surface area contributed by atoms with Gasteiger partial charge in [-0.3, -0.25) is 0 Å². The molecule has 2 rings (SSSR count). The fourth-order valence-corrected chi connectivity index (χ4v) is 3.52. The number of benzene rings is 1. The van der Waals surface area contributed by atoms with Gasteiger partial charge in [-0.15, -0.1) is 0 Å². The molecule has 1 aliphatic carbocycles. The first kappa shape index (κ1) is 10.1. The lowest BCUT2D eigenvalue weighted by atomic mass is 9.91. The summed E-state index contributed by atoms with van der Waals surface area (Å²) in [6.45, 7) is 4.59. The molecule has 14 heavy (non-hydrogen) atoms. The fourth-order valence-electron chi connectivity index (χ4n) is 2.18. The van der Waals surface area contributed by atoms with Crippen molar-refractivity contribution in [2.45, 2.75) is 43.6 Å². The summed E-state index contributed by atoms with van der Waals surface area (Å²) in [4.78, 5) is 0. The number of thioether (sulfide) groups is 1. The van der Waals surface area contributed by atoms with Crippen molar-refractivity contribution in [3.63, 3.8) is 0 Å². The monoisotopic (exact) mass is 206 g/mol. The molecule has 1 aromatic rings. The molecule has 0 N–H and O–H groups in total. The Hall–Kier alpha value is -0.430. The third-order valence-electron chi connectivity index (χ3n) is 2.75. The van der Waals surface area contributed by atoms with Gasteiger partial charge in [0.2, 0.25) is 0 Å². The van der Waals surface area contributed by atoms with Crippen LogP contribution in [0.4, 0.5) is 0 Å². The fraction of sp³-hybridized carbons (Fsp3) is 0.538. The predicted molar refractivity (Wildman–Crippen MR) is 64.8 cm³/mol. The van der Waals surface area contributed by atoms with Crippen LogP contribution in [0.1, 0.15) is 43.1 Å². The minimum Gasteiger partial charge on any atom is -0.151 e. The highest BCUT2D eigenvalue weighted by atomic mass is 32.2. The maximum atomic E-state index is 2.31. The van der Waals surface area contributed by atoms with E-state index in [1.165, 1.54) is 19.3 Å². The minimum absolute atomic E-state index is 0.742. The van der Waals surface area contributed by atoms with Crippen LogP contribution in [-0.4, -0.2) is 5.25 Å². The average Bonchev–Trinajstić information content (AvgIpc) is 2.18. The molecule has 0 heterocycles. The second kappa shape index (κ2) is 4.39. The molecule has 0 fully saturated rings. The van der Waals surface area contributed by atoms with Crippen molar-refractivity contribution in [1.82, 2.24) is 0 Å². The Morgan fingerprint density at radius 1 is 1.29 bits per heavy atom. The molecule has 1 aromatic carbocycles. The molecular weight excluding hydrogens is 188 g/mol. The van der Waals surface area contributed by atoms with Crippen LogP contribution in [0.15, 0.2) is 24.3 Å². The zero-order valence-corrected chi connectivity index (χ0v) is 9.81. The van der Waals surface area contributed by atoms with Gasteiger partial charge in [0.1, 0.15) is 0 Å². The van der Waals surface area contributed by atoms with Crippen LogP contribution in [0.3, 0.4) is 0 Å². The van der Waals surface area contributed by atoms with Crippen LogP contribution in [0, 0.1) is 0 Å². The van der Waals surface area contributed by atoms with Crippen LogP contribution < -0.4 is 0 Å². The summed E-state index contributed by atoms with van der Waals surface area (Å²) in [6, 6.07) is 8.95. The topological polar surface area (TPSA) is 0 Å². The molecule has 0 spiro atoms. The van der Waals surface area contributed by atoms with Crippen molar-refractivity contribution in [2.24, 2.45) is 0 Å². The lowest BCUT2D eigenvalue weighted by molar-refractivity contribution is 0.672. The smallest absolute Gasteiger partial charge is 0.0302 e. The molecule has 0 saturated heterocycles. The van der Waals surface area contributed by atoms with Crippen molar-refractivity contribution in [2.75, 3.05) is 0 Å². The molecule has 0 amide bonds. The highest BCUT2D eigenvalue weighted by molar-refractivity contribution is 8.00. The molecule has 1 heteroatoms. The van der Waals surface area contributed by atoms with Crippen LogP contribution in [-0.2, 0) is 6.42 Å². The third-order valence-corrected chi connectivity index (χ3v) is 4.11. The van der Waals surface area contributed by atoms with E-state index in [4.69, 9.17) is 0 Å². The SMILES string of the molecule is CC(C)SC1CCCc2ccccc21. The van der Waals surface area contributed by atoms with E-state index in [9.17, 15) is 0 Å². The summed E-state index contributed by atoms with van der Waals surface area (Å²) >= 11 is 2.12. The van der Waals surface area contributed by atoms with Crippen molar-refractivity contribution >= 4 is 11.8 Å². The van der Waals surface area contributed by atoms with Gasteiger partial charge < -0.3 is 0 Å². The quantitative estimate of drug-likeness (QED) is 0.698. The van der Waals surface area contributed by atoms with Crippen molar-refractivity contribution in [1.29, 1.82) is 0 Å². The van der Waals surface area contributed by atoms with E-state index in [2.05, 4.69) is 49.9 Å². The van der Waals surface area contributed by atoms with E-state index in [-0.39, 0.29) is 0 Å². The molecule has 0 saturated carbocycles. The first-order chi connectivity index (χ1) is 6.77. The van der Waals surface area contributed by atoms with E-state index < -0.39 is 0 Å². The minimum atomic E-state index is 0.742. The van der Waals surface area contributed by atoms with Crippen molar-refractivity contribution in [3.8, 4) is 0 Å². The number of hydrogen-bond donors (Lipinski definition) is 0. The number of hydrogen-bond acceptors (Lipinski definition) is 1. The summed E-state index contributed by atoms with van der Waals surface area (Å²) in [6.07, 6.45) is 4.01. The molecule has 0 nitrogen and oxygen atoms in total. The van der Waals surface area contributed by atoms with E-state index in [1.807, 2.05) is 0 Å². The van der Waals surface area contributed by atoms with Gasteiger partial charge in [0.15, 0.2) is 0 Å². The Morgan fingerprint density at radius 2 is 2.07 bits per heavy atom. The highest BCUT2D eigenvalue weighted by Crippen LogP contribution is 2.41. The van der Waals surface area contributed by atoms with E-state index in [1.54, 1.807) is 11.1 Å². The molecule has 0 radical (unpaired) electrons. The summed E-state index contributed by atoms with van der Waals surface area (Å²) in [5, 5.41) is 1.49. The Labute approximate surface area is 91.1 Å². The average molecular weight is 206 g/mol. The summed E-state index contributed by atoms with van der Waals surface area (Å²) in [5.41, 5.74) is 3.18. The number of fused-ring (bicyclic) bond motifs is 1. The van der Waals surface area contributed by atoms with Crippen molar-refractivity contribution < 1.29 is 0 Å². The molecule has 0 bridgehead atoms. The van der Waals surface area contributed by atoms with Gasteiger partial charge in [-0.2, -0.15) is 11.8 Å². The molecule has 0 aromatic heterocycles. The van der Waals surface area contributed by atoms with Gasteiger partial charge in [-0.05, 0) is 35.6 Å². The zero-order valence-electron chi connectivity index (χ0n) is 8.99. The van der Waals surface area contributed by atoms with Crippen LogP contribution in [0.5, 0.6) is 0 Å². The van der Waals surface area contributed by atoms with Crippen molar-refractivity contribution in [3.05, 3.63) is 35.4 Å². The molecular formula is C13H18S. The first-order valence-corrected chi connectivity index (χ1v) is 6.45. The normalized spacial score (nSPS) is 20.9. The zero-order chi connectivity index (χ0) is 9.97. The Balaban J connectivity index is 2.22. The van der Waals surface area contributed by atoms with Gasteiger partial charge in [-0.1, -0.05) is 38.1 Å². The molecule has 1 atom stereocenters. The molecule has 0 aliphatic heterocycles. The maximum Gasteiger partial charge on any atom is 0.0302 e. The molecule has 1 aliphatic rings. The number of aryl methyl sites for hydroxylation is 1. The van der Waals surface area contributed by atoms with Gasteiger partial charge in [-0.25, -0.2) is 0 Å². The van der Waals surface area contributed by atoms with Crippen LogP contribution >= 0.6 is 11.8 Å². The molecule has 1 unspecified atom stereocenters. The summed E-state index contributed by atoms with van der Waals surface area (Å²) in [7, 11) is 0. The standard InChI is InChI=1S/C13H18S/c1-10(2)14-13-9-5-7-11-6-3-4-8-12(11)13/h3-4,6,8,10,13H,5,7,9H2,1-2H3. The highest BCUT2D eigenvalue weighted by Gasteiger charge is 2.20. The maximum absolute atomic E-state index is 2.31. The van der Waals surface area contributed by atoms with Gasteiger partial charge in [0, 0.05) is 5.25 Å². The first-order valence-electron chi connectivity index (χ1n) is 5.50. The Kier molecular flexibility index (Phi) is 3.17. The number of rotatable bonds is 2. The second-order valence-electron chi connectivity index (χ2n) is 4.26. The summed E-state index contributed by atoms with van der Waals surface area (Å²) in [5.74, 6) is 0. The van der Waals surface area contributed by atoms with E-state index >= 15 is 0 Å². The van der Waals surface area contributed by atoms with E-state index in [0.717, 1.165) is 10.5 Å². The van der Waals surface area contributed by atoms with Crippen LogP contribution in [0.25, 0.3) is 0 Å². The largest absolute Gasteiger partial charge is 0.151 e. The lowest BCUT2D eigenvalue weighted by Crippen LogP contribution is -2.08. The summed E-state index contributed by atoms with van der Waals surface area (Å²) < 4.78 is 0. The Bertz CT molecular complexity index is 304. The third kappa shape index (κ3) is 2.14. The second-order valence-corrected chi connectivity index (χ2v) is 6.05. The molecule has 76 valence electrons. The Morgan fingerprint density at radius 3 is 2.86 bits per heavy atom. The van der Waals surface area contributed by atoms with E-state index in [0.29, 0.717) is 0 Å². The van der Waals surface area contributed by atoms with Gasteiger partial charge in [0.25, 0.3) is 0 Å². The van der Waals surface area contributed by atoms with Gasteiger partial charge >= 0.3 is 0 Å². The van der Waals surface area contributed by atoms with Gasteiger partial charge in [0.05, 0.1) is 0 Å². The lowest BCUT2D eigenvalue weighted by Gasteiger charge is -2.26.